The molecule has 0 aliphatic heterocycles. The Kier molecular flexibility index (Phi) is 12.0. The van der Waals surface area contributed by atoms with Gasteiger partial charge in [0.1, 0.15) is 0 Å². The number of hydrogen-bond acceptors (Lipinski definition) is 6. The highest BCUT2D eigenvalue weighted by atomic mass is 16.3. The number of imidazole rings is 1. The van der Waals surface area contributed by atoms with Crippen molar-refractivity contribution in [2.75, 3.05) is 26.2 Å². The maximum atomic E-state index is 13.3. The van der Waals surface area contributed by atoms with E-state index in [2.05, 4.69) is 29.0 Å². The van der Waals surface area contributed by atoms with Crippen molar-refractivity contribution in [2.24, 2.45) is 14.1 Å². The summed E-state index contributed by atoms with van der Waals surface area (Å²) in [4.78, 5) is 33.1. The van der Waals surface area contributed by atoms with Gasteiger partial charge in [0, 0.05) is 14.1 Å². The average molecular weight is 479 g/mol. The number of aliphatic hydroxyl groups is 1. The number of aromatic nitrogens is 4. The van der Waals surface area contributed by atoms with Gasteiger partial charge < -0.3 is 14.6 Å². The molecular formula is C25H46N6O3. The lowest BCUT2D eigenvalue weighted by molar-refractivity contribution is 0.180. The van der Waals surface area contributed by atoms with Crippen molar-refractivity contribution < 1.29 is 5.11 Å². The summed E-state index contributed by atoms with van der Waals surface area (Å²) in [6, 6.07) is 0. The summed E-state index contributed by atoms with van der Waals surface area (Å²) < 4.78 is 4.56. The van der Waals surface area contributed by atoms with Crippen molar-refractivity contribution in [3.05, 3.63) is 27.2 Å². The normalized spacial score (nSPS) is 13.7. The summed E-state index contributed by atoms with van der Waals surface area (Å²) in [6.45, 7) is 9.95. The first kappa shape index (κ1) is 28.3. The van der Waals surface area contributed by atoms with Gasteiger partial charge in [-0.15, -0.1) is 0 Å². The Bertz CT molecular complexity index is 973. The molecule has 0 amide bonds. The highest BCUT2D eigenvalue weighted by Crippen LogP contribution is 2.15. The van der Waals surface area contributed by atoms with E-state index in [-0.39, 0.29) is 23.5 Å². The van der Waals surface area contributed by atoms with Gasteiger partial charge in [-0.25, -0.2) is 14.3 Å². The number of nitrogens with one attached hydrogen (secondary N) is 1. The molecule has 0 saturated carbocycles. The number of fused-ring (bicyclic) bond motifs is 1. The van der Waals surface area contributed by atoms with E-state index < -0.39 is 0 Å². The second-order valence-electron chi connectivity index (χ2n) is 9.44. The van der Waals surface area contributed by atoms with Gasteiger partial charge in [-0.05, 0) is 52.4 Å². The minimum absolute atomic E-state index is 0.216. The van der Waals surface area contributed by atoms with E-state index in [0.29, 0.717) is 11.2 Å². The predicted octanol–water partition coefficient (Wildman–Crippen LogP) is 2.76. The Morgan fingerprint density at radius 1 is 1.00 bits per heavy atom. The fourth-order valence-electron chi connectivity index (χ4n) is 4.56. The van der Waals surface area contributed by atoms with Crippen LogP contribution in [0.5, 0.6) is 0 Å². The molecular weight excluding hydrogens is 432 g/mol. The number of hydrogen-bond donors (Lipinski definition) is 2. The molecule has 194 valence electrons. The molecule has 2 aromatic heterocycles. The minimum Gasteiger partial charge on any atom is -0.393 e. The van der Waals surface area contributed by atoms with Crippen LogP contribution in [-0.4, -0.2) is 61.0 Å². The van der Waals surface area contributed by atoms with Crippen LogP contribution in [-0.2, 0) is 14.1 Å². The monoisotopic (exact) mass is 478 g/mol. The van der Waals surface area contributed by atoms with Gasteiger partial charge in [-0.3, -0.25) is 14.7 Å². The van der Waals surface area contributed by atoms with E-state index in [1.54, 1.807) is 25.0 Å². The maximum absolute atomic E-state index is 13.3. The summed E-state index contributed by atoms with van der Waals surface area (Å²) in [5, 5.41) is 12.9. The number of aryl methyl sites for hydroxylation is 2. The van der Waals surface area contributed by atoms with Crippen molar-refractivity contribution in [3.63, 3.8) is 0 Å². The molecule has 0 spiro atoms. The van der Waals surface area contributed by atoms with E-state index in [4.69, 9.17) is 0 Å². The number of nitrogens with zero attached hydrogens (tertiary/aromatic N) is 5. The molecule has 0 radical (unpaired) electrons. The molecule has 9 nitrogen and oxygen atoms in total. The van der Waals surface area contributed by atoms with Crippen LogP contribution in [0.1, 0.15) is 84.7 Å². The van der Waals surface area contributed by atoms with Crippen LogP contribution in [0.4, 0.5) is 0 Å². The van der Waals surface area contributed by atoms with E-state index in [9.17, 15) is 14.7 Å². The summed E-state index contributed by atoms with van der Waals surface area (Å²) in [7, 11) is 3.47. The van der Waals surface area contributed by atoms with Crippen molar-refractivity contribution in [1.29, 1.82) is 0 Å². The third-order valence-corrected chi connectivity index (χ3v) is 6.74. The van der Waals surface area contributed by atoms with Crippen LogP contribution in [0.3, 0.4) is 0 Å². The van der Waals surface area contributed by atoms with Crippen LogP contribution in [0.25, 0.3) is 11.2 Å². The van der Waals surface area contributed by atoms with Gasteiger partial charge in [0.25, 0.3) is 5.56 Å². The van der Waals surface area contributed by atoms with Gasteiger partial charge in [0.05, 0.1) is 18.6 Å². The van der Waals surface area contributed by atoms with Crippen LogP contribution in [0, 0.1) is 0 Å². The molecule has 0 aromatic carbocycles. The minimum atomic E-state index is -0.336. The SMILES string of the molecule is CCN(CC)CCCNC(CCCCCCCCC(C)O)n1c(=O)c2c(ncn2C)n(C)c1=O. The van der Waals surface area contributed by atoms with Crippen molar-refractivity contribution in [1.82, 2.24) is 28.9 Å². The molecule has 9 heteroatoms. The van der Waals surface area contributed by atoms with Crippen molar-refractivity contribution >= 4 is 11.2 Å². The highest BCUT2D eigenvalue weighted by Gasteiger charge is 2.21. The van der Waals surface area contributed by atoms with E-state index >= 15 is 0 Å². The molecule has 0 aliphatic rings. The fourth-order valence-corrected chi connectivity index (χ4v) is 4.56. The van der Waals surface area contributed by atoms with Crippen molar-refractivity contribution in [3.8, 4) is 0 Å². The molecule has 2 heterocycles. The Labute approximate surface area is 203 Å². The second kappa shape index (κ2) is 14.4. The lowest BCUT2D eigenvalue weighted by Gasteiger charge is -2.23. The van der Waals surface area contributed by atoms with E-state index in [1.807, 2.05) is 6.92 Å². The van der Waals surface area contributed by atoms with Crippen molar-refractivity contribution in [2.45, 2.75) is 90.8 Å². The quantitative estimate of drug-likeness (QED) is 0.339. The van der Waals surface area contributed by atoms with Crippen LogP contribution >= 0.6 is 0 Å². The molecule has 0 aliphatic carbocycles. The fraction of sp³-hybridized carbons (Fsp3) is 0.800. The zero-order chi connectivity index (χ0) is 25.1. The summed E-state index contributed by atoms with van der Waals surface area (Å²) in [5.41, 5.74) is 0.273. The third-order valence-electron chi connectivity index (χ3n) is 6.74. The van der Waals surface area contributed by atoms with Gasteiger partial charge in [0.2, 0.25) is 0 Å². The zero-order valence-electron chi connectivity index (χ0n) is 21.9. The molecule has 2 unspecified atom stereocenters. The second-order valence-corrected chi connectivity index (χ2v) is 9.44. The topological polar surface area (TPSA) is 97.3 Å². The molecule has 0 fully saturated rings. The Morgan fingerprint density at radius 2 is 1.62 bits per heavy atom. The molecule has 2 rings (SSSR count). The summed E-state index contributed by atoms with van der Waals surface area (Å²) >= 11 is 0. The first-order chi connectivity index (χ1) is 16.3. The molecule has 2 aromatic rings. The molecule has 34 heavy (non-hydrogen) atoms. The summed E-state index contributed by atoms with van der Waals surface area (Å²) in [6.07, 6.45) is 10.1. The zero-order valence-corrected chi connectivity index (χ0v) is 21.9. The van der Waals surface area contributed by atoms with Crippen LogP contribution in [0.2, 0.25) is 0 Å². The molecule has 0 bridgehead atoms. The maximum Gasteiger partial charge on any atom is 0.333 e. The number of unbranched alkanes of at least 4 members (excludes halogenated alkanes) is 5. The van der Waals surface area contributed by atoms with Crippen LogP contribution < -0.4 is 16.6 Å². The van der Waals surface area contributed by atoms with Gasteiger partial charge in [-0.2, -0.15) is 0 Å². The largest absolute Gasteiger partial charge is 0.393 e. The van der Waals surface area contributed by atoms with E-state index in [0.717, 1.165) is 84.0 Å². The number of rotatable bonds is 17. The highest BCUT2D eigenvalue weighted by molar-refractivity contribution is 5.69. The van der Waals surface area contributed by atoms with E-state index in [1.165, 1.54) is 9.13 Å². The molecule has 2 N–H and O–H groups in total. The third kappa shape index (κ3) is 7.78. The smallest absolute Gasteiger partial charge is 0.333 e. The lowest BCUT2D eigenvalue weighted by atomic mass is 10.1. The Balaban J connectivity index is 2.08. The molecule has 2 atom stereocenters. The van der Waals surface area contributed by atoms with Gasteiger partial charge >= 0.3 is 5.69 Å². The Morgan fingerprint density at radius 3 is 2.24 bits per heavy atom. The average Bonchev–Trinajstić information content (AvgIpc) is 3.20. The van der Waals surface area contributed by atoms with Crippen LogP contribution in [0.15, 0.2) is 15.9 Å². The lowest BCUT2D eigenvalue weighted by Crippen LogP contribution is -2.46. The Hall–Kier alpha value is -1.97. The molecule has 0 saturated heterocycles. The summed E-state index contributed by atoms with van der Waals surface area (Å²) in [5.74, 6) is 0. The first-order valence-electron chi connectivity index (χ1n) is 13.1. The predicted molar refractivity (Wildman–Crippen MR) is 138 cm³/mol. The number of aliphatic hydroxyl groups excluding tert-OH is 1. The first-order valence-corrected chi connectivity index (χ1v) is 13.1. The van der Waals surface area contributed by atoms with Gasteiger partial charge in [0.15, 0.2) is 11.2 Å². The van der Waals surface area contributed by atoms with Gasteiger partial charge in [-0.1, -0.05) is 52.4 Å². The standard InChI is InChI=1S/C25H46N6O3/c1-6-30(7-2)18-14-17-26-21(16-13-11-9-8-10-12-15-20(3)32)31-24(33)22-23(27-19-28(22)4)29(5)25(31)34/h19-21,26,32H,6-18H2,1-5H3.